The van der Waals surface area contributed by atoms with Crippen LogP contribution in [0.3, 0.4) is 0 Å². The van der Waals surface area contributed by atoms with E-state index in [1.807, 2.05) is 14.0 Å². The summed E-state index contributed by atoms with van der Waals surface area (Å²) >= 11 is 0. The number of carbonyl (C=O) groups is 1. The lowest BCUT2D eigenvalue weighted by atomic mass is 9.83. The largest absolute Gasteiger partial charge is 0.317 e. The summed E-state index contributed by atoms with van der Waals surface area (Å²) in [6.45, 7) is 12.2. The summed E-state index contributed by atoms with van der Waals surface area (Å²) in [6.07, 6.45) is 0. The van der Waals surface area contributed by atoms with Gasteiger partial charge in [-0.2, -0.15) is 0 Å². The third kappa shape index (κ3) is 4.31. The fourth-order valence-corrected chi connectivity index (χ4v) is 1.67. The zero-order valence-corrected chi connectivity index (χ0v) is 11.1. The minimum atomic E-state index is -0.0773. The molecule has 0 heterocycles. The van der Waals surface area contributed by atoms with E-state index in [0.29, 0.717) is 12.0 Å². The van der Waals surface area contributed by atoms with E-state index in [9.17, 15) is 4.79 Å². The first-order valence-electron chi connectivity index (χ1n) is 5.67. The number of nitrogens with one attached hydrogen (secondary N) is 2. The zero-order valence-electron chi connectivity index (χ0n) is 11.1. The molecule has 0 aliphatic rings. The summed E-state index contributed by atoms with van der Waals surface area (Å²) in [5, 5.41) is 6.63. The van der Waals surface area contributed by atoms with Gasteiger partial charge in [0.15, 0.2) is 0 Å². The van der Waals surface area contributed by atoms with Gasteiger partial charge in [-0.3, -0.25) is 4.79 Å². The highest BCUT2D eigenvalue weighted by Crippen LogP contribution is 2.20. The fourth-order valence-electron chi connectivity index (χ4n) is 1.67. The maximum Gasteiger partial charge on any atom is 0.146 e. The lowest BCUT2D eigenvalue weighted by Gasteiger charge is -2.38. The van der Waals surface area contributed by atoms with E-state index in [1.54, 1.807) is 6.92 Å². The minimum absolute atomic E-state index is 0.0481. The molecular weight excluding hydrogens is 188 g/mol. The molecule has 0 saturated carbocycles. The van der Waals surface area contributed by atoms with Gasteiger partial charge in [0.1, 0.15) is 5.78 Å². The Labute approximate surface area is 94.0 Å². The Morgan fingerprint density at radius 2 is 1.67 bits per heavy atom. The first-order valence-corrected chi connectivity index (χ1v) is 5.67. The molecule has 0 amide bonds. The molecule has 0 aromatic rings. The van der Waals surface area contributed by atoms with Crippen molar-refractivity contribution in [1.29, 1.82) is 0 Å². The predicted octanol–water partition coefficient (Wildman–Crippen LogP) is 1.58. The van der Waals surface area contributed by atoms with Gasteiger partial charge in [-0.25, -0.2) is 0 Å². The molecule has 3 atom stereocenters. The Morgan fingerprint density at radius 1 is 1.20 bits per heavy atom. The molecule has 0 saturated heterocycles. The van der Waals surface area contributed by atoms with Gasteiger partial charge in [-0.1, -0.05) is 6.92 Å². The number of hydrogen-bond donors (Lipinski definition) is 2. The molecule has 3 unspecified atom stereocenters. The number of rotatable bonds is 6. The summed E-state index contributed by atoms with van der Waals surface area (Å²) in [4.78, 5) is 11.2. The van der Waals surface area contributed by atoms with Crippen LogP contribution in [0.25, 0.3) is 0 Å². The van der Waals surface area contributed by atoms with E-state index >= 15 is 0 Å². The van der Waals surface area contributed by atoms with Crippen LogP contribution in [0.5, 0.6) is 0 Å². The smallest absolute Gasteiger partial charge is 0.146 e. The van der Waals surface area contributed by atoms with Crippen molar-refractivity contribution in [2.75, 3.05) is 7.05 Å². The van der Waals surface area contributed by atoms with E-state index in [2.05, 4.69) is 38.3 Å². The third-order valence-corrected chi connectivity index (χ3v) is 3.54. The average molecular weight is 214 g/mol. The van der Waals surface area contributed by atoms with Crippen LogP contribution in [0.2, 0.25) is 0 Å². The van der Waals surface area contributed by atoms with Gasteiger partial charge >= 0.3 is 0 Å². The van der Waals surface area contributed by atoms with Crippen molar-refractivity contribution in [2.24, 2.45) is 5.92 Å². The third-order valence-electron chi connectivity index (χ3n) is 3.54. The maximum atomic E-state index is 11.2. The van der Waals surface area contributed by atoms with E-state index in [4.69, 9.17) is 0 Å². The van der Waals surface area contributed by atoms with Crippen LogP contribution in [0.15, 0.2) is 0 Å². The van der Waals surface area contributed by atoms with Crippen molar-refractivity contribution in [3.63, 3.8) is 0 Å². The van der Waals surface area contributed by atoms with Crippen LogP contribution in [0.1, 0.15) is 41.5 Å². The Kier molecular flexibility index (Phi) is 5.46. The van der Waals surface area contributed by atoms with Crippen molar-refractivity contribution in [1.82, 2.24) is 10.6 Å². The van der Waals surface area contributed by atoms with Crippen LogP contribution in [-0.2, 0) is 4.79 Å². The van der Waals surface area contributed by atoms with Crippen LogP contribution >= 0.6 is 0 Å². The molecule has 2 N–H and O–H groups in total. The topological polar surface area (TPSA) is 41.1 Å². The molecule has 0 aliphatic carbocycles. The lowest BCUT2D eigenvalue weighted by Crippen LogP contribution is -2.55. The number of hydrogen-bond acceptors (Lipinski definition) is 3. The SMILES string of the molecule is CNC(C)C(C)C(C)(C)NC(C)C(C)=O. The van der Waals surface area contributed by atoms with Gasteiger partial charge in [0.2, 0.25) is 0 Å². The van der Waals surface area contributed by atoms with Crippen molar-refractivity contribution in [2.45, 2.75) is 59.2 Å². The molecule has 0 fully saturated rings. The molecule has 0 aliphatic heterocycles. The van der Waals surface area contributed by atoms with Crippen molar-refractivity contribution in [3.8, 4) is 0 Å². The summed E-state index contributed by atoms with van der Waals surface area (Å²) in [6, 6.07) is 0.346. The summed E-state index contributed by atoms with van der Waals surface area (Å²) in [7, 11) is 1.96. The second kappa shape index (κ2) is 5.61. The molecule has 0 aromatic carbocycles. The minimum Gasteiger partial charge on any atom is -0.317 e. The Hall–Kier alpha value is -0.410. The van der Waals surface area contributed by atoms with Crippen LogP contribution in [-0.4, -0.2) is 30.5 Å². The number of Topliss-reactive ketones (excluding diaryl/α,β-unsaturated/α-hetero) is 1. The van der Waals surface area contributed by atoms with Crippen molar-refractivity contribution < 1.29 is 4.79 Å². The van der Waals surface area contributed by atoms with Gasteiger partial charge in [-0.05, 0) is 47.6 Å². The Balaban J connectivity index is 4.46. The molecule has 0 spiro atoms. The quantitative estimate of drug-likeness (QED) is 0.705. The summed E-state index contributed by atoms with van der Waals surface area (Å²) < 4.78 is 0. The second-order valence-electron chi connectivity index (χ2n) is 5.06. The normalized spacial score (nSPS) is 18.3. The highest BCUT2D eigenvalue weighted by Gasteiger charge is 2.31. The Morgan fingerprint density at radius 3 is 2.00 bits per heavy atom. The molecule has 0 radical (unpaired) electrons. The predicted molar refractivity (Wildman–Crippen MR) is 65.0 cm³/mol. The number of carbonyl (C=O) groups excluding carboxylic acids is 1. The second-order valence-corrected chi connectivity index (χ2v) is 5.06. The standard InChI is InChI=1S/C12H26N2O/c1-8(9(2)13-7)12(5,6)14-10(3)11(4)15/h8-10,13-14H,1-7H3. The lowest BCUT2D eigenvalue weighted by molar-refractivity contribution is -0.119. The molecule has 0 bridgehead atoms. The van der Waals surface area contributed by atoms with E-state index in [1.165, 1.54) is 0 Å². The van der Waals surface area contributed by atoms with Gasteiger partial charge in [0, 0.05) is 11.6 Å². The molecule has 0 aromatic heterocycles. The average Bonchev–Trinajstić information content (AvgIpc) is 2.14. The Bertz CT molecular complexity index is 214. The van der Waals surface area contributed by atoms with Crippen LogP contribution < -0.4 is 10.6 Å². The fraction of sp³-hybridized carbons (Fsp3) is 0.917. The van der Waals surface area contributed by atoms with Crippen LogP contribution in [0.4, 0.5) is 0 Å². The molecular formula is C12H26N2O. The number of ketones is 1. The highest BCUT2D eigenvalue weighted by atomic mass is 16.1. The first-order chi connectivity index (χ1) is 6.72. The van der Waals surface area contributed by atoms with E-state index in [0.717, 1.165) is 0 Å². The van der Waals surface area contributed by atoms with E-state index < -0.39 is 0 Å². The molecule has 3 heteroatoms. The monoisotopic (exact) mass is 214 g/mol. The highest BCUT2D eigenvalue weighted by molar-refractivity contribution is 5.81. The maximum absolute atomic E-state index is 11.2. The van der Waals surface area contributed by atoms with Gasteiger partial charge in [-0.15, -0.1) is 0 Å². The molecule has 0 rings (SSSR count). The van der Waals surface area contributed by atoms with Crippen molar-refractivity contribution >= 4 is 5.78 Å². The first kappa shape index (κ1) is 14.6. The van der Waals surface area contributed by atoms with E-state index in [-0.39, 0.29) is 17.4 Å². The zero-order chi connectivity index (χ0) is 12.2. The van der Waals surface area contributed by atoms with Crippen LogP contribution in [0, 0.1) is 5.92 Å². The molecule has 90 valence electrons. The van der Waals surface area contributed by atoms with Crippen molar-refractivity contribution in [3.05, 3.63) is 0 Å². The molecule has 3 nitrogen and oxygen atoms in total. The van der Waals surface area contributed by atoms with Gasteiger partial charge in [0.05, 0.1) is 6.04 Å². The van der Waals surface area contributed by atoms with Gasteiger partial charge in [0.25, 0.3) is 0 Å². The van der Waals surface area contributed by atoms with Gasteiger partial charge < -0.3 is 10.6 Å². The summed E-state index contributed by atoms with van der Waals surface area (Å²) in [5.74, 6) is 0.636. The summed E-state index contributed by atoms with van der Waals surface area (Å²) in [5.41, 5.74) is -0.0481. The molecule has 15 heavy (non-hydrogen) atoms.